The highest BCUT2D eigenvalue weighted by molar-refractivity contribution is 6.30. The number of fused-ring (bicyclic) bond motifs is 1. The number of amides is 1. The normalized spacial score (nSPS) is 19.4. The third-order valence-corrected chi connectivity index (χ3v) is 6.99. The first-order valence-corrected chi connectivity index (χ1v) is 11.2. The Morgan fingerprint density at radius 1 is 1.00 bits per heavy atom. The molecule has 5 rings (SSSR count). The zero-order chi connectivity index (χ0) is 20.6. The quantitative estimate of drug-likeness (QED) is 0.679. The number of imidazole rings is 1. The summed E-state index contributed by atoms with van der Waals surface area (Å²) in [4.78, 5) is 26.2. The van der Waals surface area contributed by atoms with Crippen LogP contribution in [0.2, 0.25) is 5.02 Å². The van der Waals surface area contributed by atoms with E-state index >= 15 is 0 Å². The first-order chi connectivity index (χ1) is 14.6. The minimum atomic E-state index is -0.370. The molecule has 30 heavy (non-hydrogen) atoms. The fraction of sp³-hybridized carbons (Fsp3) is 0.417. The first-order valence-electron chi connectivity index (χ1n) is 10.9. The smallest absolute Gasteiger partial charge is 0.233 e. The van der Waals surface area contributed by atoms with Gasteiger partial charge < -0.3 is 9.88 Å². The Labute approximate surface area is 182 Å². The van der Waals surface area contributed by atoms with E-state index in [1.54, 1.807) is 0 Å². The summed E-state index contributed by atoms with van der Waals surface area (Å²) in [6, 6.07) is 16.0. The summed E-state index contributed by atoms with van der Waals surface area (Å²) in [6.07, 6.45) is 4.10. The first kappa shape index (κ1) is 19.6. The summed E-state index contributed by atoms with van der Waals surface area (Å²) in [5.41, 5.74) is 2.84. The number of benzene rings is 2. The van der Waals surface area contributed by atoms with Gasteiger partial charge in [0.05, 0.1) is 23.0 Å². The topological polar surface area (TPSA) is 52.2 Å². The molecular formula is C24H27ClN4O. The van der Waals surface area contributed by atoms with Gasteiger partial charge in [-0.1, -0.05) is 48.7 Å². The molecule has 0 bridgehead atoms. The molecule has 0 atom stereocenters. The van der Waals surface area contributed by atoms with Crippen LogP contribution in [-0.4, -0.2) is 51.9 Å². The molecule has 2 heterocycles. The Morgan fingerprint density at radius 2 is 1.70 bits per heavy atom. The molecule has 3 aromatic rings. The standard InChI is InChI=1S/C24H27ClN4O/c25-19-9-7-18(8-10-19)24(11-3-4-12-24)23(30)29-15-13-28(14-16-29)17-22-26-20-5-1-2-6-21(20)27-22/h1-2,5-10H,3-4,11-17H2,(H,26,27). The highest BCUT2D eigenvalue weighted by Crippen LogP contribution is 2.43. The average Bonchev–Trinajstić information content (AvgIpc) is 3.42. The van der Waals surface area contributed by atoms with E-state index in [0.29, 0.717) is 5.91 Å². The maximum absolute atomic E-state index is 13.6. The Hall–Kier alpha value is -2.37. The highest BCUT2D eigenvalue weighted by atomic mass is 35.5. The van der Waals surface area contributed by atoms with Crippen molar-refractivity contribution in [1.29, 1.82) is 0 Å². The van der Waals surface area contributed by atoms with Gasteiger partial charge in [0, 0.05) is 31.2 Å². The molecule has 1 amide bonds. The van der Waals surface area contributed by atoms with Gasteiger partial charge in [-0.2, -0.15) is 0 Å². The lowest BCUT2D eigenvalue weighted by Gasteiger charge is -2.40. The average molecular weight is 423 g/mol. The number of para-hydroxylation sites is 2. The fourth-order valence-electron chi connectivity index (χ4n) is 5.08. The monoisotopic (exact) mass is 422 g/mol. The predicted octanol–water partition coefficient (Wildman–Crippen LogP) is 4.37. The van der Waals surface area contributed by atoms with E-state index in [0.717, 1.165) is 85.9 Å². The third kappa shape index (κ3) is 3.61. The van der Waals surface area contributed by atoms with E-state index in [1.807, 2.05) is 42.5 Å². The number of halogens is 1. The molecule has 156 valence electrons. The van der Waals surface area contributed by atoms with Crippen LogP contribution in [-0.2, 0) is 16.8 Å². The van der Waals surface area contributed by atoms with E-state index < -0.39 is 0 Å². The van der Waals surface area contributed by atoms with Crippen molar-refractivity contribution in [2.75, 3.05) is 26.2 Å². The van der Waals surface area contributed by atoms with Crippen molar-refractivity contribution in [2.24, 2.45) is 0 Å². The largest absolute Gasteiger partial charge is 0.341 e. The van der Waals surface area contributed by atoms with Crippen LogP contribution < -0.4 is 0 Å². The number of nitrogens with zero attached hydrogens (tertiary/aromatic N) is 3. The van der Waals surface area contributed by atoms with Gasteiger partial charge in [0.2, 0.25) is 5.91 Å². The lowest BCUT2D eigenvalue weighted by Crippen LogP contribution is -2.53. The molecule has 1 saturated heterocycles. The van der Waals surface area contributed by atoms with E-state index in [4.69, 9.17) is 16.6 Å². The molecular weight excluding hydrogens is 396 g/mol. The molecule has 1 aliphatic heterocycles. The van der Waals surface area contributed by atoms with Crippen molar-refractivity contribution in [3.05, 3.63) is 64.9 Å². The predicted molar refractivity (Wildman–Crippen MR) is 120 cm³/mol. The molecule has 0 radical (unpaired) electrons. The fourth-order valence-corrected chi connectivity index (χ4v) is 5.20. The maximum Gasteiger partial charge on any atom is 0.233 e. The molecule has 0 unspecified atom stereocenters. The molecule has 2 fully saturated rings. The van der Waals surface area contributed by atoms with E-state index in [1.165, 1.54) is 0 Å². The second-order valence-electron chi connectivity index (χ2n) is 8.57. The zero-order valence-corrected chi connectivity index (χ0v) is 17.9. The lowest BCUT2D eigenvalue weighted by atomic mass is 9.77. The summed E-state index contributed by atoms with van der Waals surface area (Å²) in [5, 5.41) is 0.721. The third-order valence-electron chi connectivity index (χ3n) is 6.73. The van der Waals surface area contributed by atoms with Crippen LogP contribution in [0, 0.1) is 0 Å². The van der Waals surface area contributed by atoms with Crippen LogP contribution >= 0.6 is 11.6 Å². The number of carbonyl (C=O) groups excluding carboxylic acids is 1. The summed E-state index contributed by atoms with van der Waals surface area (Å²) in [5.74, 6) is 1.29. The second-order valence-corrected chi connectivity index (χ2v) is 9.00. The Bertz CT molecular complexity index is 998. The van der Waals surface area contributed by atoms with Crippen molar-refractivity contribution in [2.45, 2.75) is 37.6 Å². The minimum Gasteiger partial charge on any atom is -0.341 e. The van der Waals surface area contributed by atoms with Crippen LogP contribution in [0.15, 0.2) is 48.5 Å². The number of hydrogen-bond donors (Lipinski definition) is 1. The van der Waals surface area contributed by atoms with Gasteiger partial charge in [0.1, 0.15) is 5.82 Å². The van der Waals surface area contributed by atoms with Crippen LogP contribution in [0.25, 0.3) is 11.0 Å². The van der Waals surface area contributed by atoms with E-state index in [9.17, 15) is 4.79 Å². The molecule has 1 aliphatic carbocycles. The van der Waals surface area contributed by atoms with Crippen LogP contribution in [0.4, 0.5) is 0 Å². The summed E-state index contributed by atoms with van der Waals surface area (Å²) in [6.45, 7) is 4.08. The molecule has 1 saturated carbocycles. The van der Waals surface area contributed by atoms with Gasteiger partial charge in [0.15, 0.2) is 0 Å². The van der Waals surface area contributed by atoms with Crippen molar-refractivity contribution in [3.8, 4) is 0 Å². The Kier molecular flexibility index (Phi) is 5.25. The Morgan fingerprint density at radius 3 is 2.40 bits per heavy atom. The molecule has 2 aliphatic rings. The van der Waals surface area contributed by atoms with Gasteiger partial charge in [0.25, 0.3) is 0 Å². The number of piperazine rings is 1. The minimum absolute atomic E-state index is 0.297. The van der Waals surface area contributed by atoms with Crippen molar-refractivity contribution < 1.29 is 4.79 Å². The number of H-pyrrole nitrogens is 1. The second kappa shape index (κ2) is 8.05. The number of carbonyl (C=O) groups is 1. The number of rotatable bonds is 4. The van der Waals surface area contributed by atoms with Crippen LogP contribution in [0.1, 0.15) is 37.1 Å². The van der Waals surface area contributed by atoms with Crippen LogP contribution in [0.3, 0.4) is 0 Å². The van der Waals surface area contributed by atoms with E-state index in [2.05, 4.69) is 20.9 Å². The van der Waals surface area contributed by atoms with E-state index in [-0.39, 0.29) is 5.41 Å². The summed E-state index contributed by atoms with van der Waals surface area (Å²) < 4.78 is 0. The molecule has 5 nitrogen and oxygen atoms in total. The summed E-state index contributed by atoms with van der Waals surface area (Å²) in [7, 11) is 0. The molecule has 1 N–H and O–H groups in total. The zero-order valence-electron chi connectivity index (χ0n) is 17.1. The van der Waals surface area contributed by atoms with Crippen molar-refractivity contribution in [3.63, 3.8) is 0 Å². The number of aromatic amines is 1. The molecule has 0 spiro atoms. The molecule has 1 aromatic heterocycles. The highest BCUT2D eigenvalue weighted by Gasteiger charge is 2.45. The Balaban J connectivity index is 1.26. The van der Waals surface area contributed by atoms with Crippen molar-refractivity contribution in [1.82, 2.24) is 19.8 Å². The van der Waals surface area contributed by atoms with Gasteiger partial charge in [-0.05, 0) is 42.7 Å². The number of hydrogen-bond acceptors (Lipinski definition) is 3. The van der Waals surface area contributed by atoms with Gasteiger partial charge in [-0.3, -0.25) is 9.69 Å². The number of aromatic nitrogens is 2. The number of nitrogens with one attached hydrogen (secondary N) is 1. The molecule has 2 aromatic carbocycles. The summed E-state index contributed by atoms with van der Waals surface area (Å²) >= 11 is 6.09. The van der Waals surface area contributed by atoms with Gasteiger partial charge >= 0.3 is 0 Å². The molecule has 6 heteroatoms. The van der Waals surface area contributed by atoms with Gasteiger partial charge in [-0.15, -0.1) is 0 Å². The SMILES string of the molecule is O=C(N1CCN(Cc2nc3ccccc3[nH]2)CC1)C1(c2ccc(Cl)cc2)CCCC1. The lowest BCUT2D eigenvalue weighted by molar-refractivity contribution is -0.139. The van der Waals surface area contributed by atoms with Crippen molar-refractivity contribution >= 4 is 28.5 Å². The maximum atomic E-state index is 13.6. The van der Waals surface area contributed by atoms with Crippen LogP contribution in [0.5, 0.6) is 0 Å². The van der Waals surface area contributed by atoms with Gasteiger partial charge in [-0.25, -0.2) is 4.98 Å².